The highest BCUT2D eigenvalue weighted by molar-refractivity contribution is 6.35. The van der Waals surface area contributed by atoms with E-state index >= 15 is 0 Å². The Kier molecular flexibility index (Phi) is 8.07. The quantitative estimate of drug-likeness (QED) is 0.496. The van der Waals surface area contributed by atoms with Crippen molar-refractivity contribution in [3.63, 3.8) is 0 Å². The van der Waals surface area contributed by atoms with Crippen LogP contribution in [-0.2, 0) is 5.54 Å². The third kappa shape index (κ3) is 6.06. The molecule has 1 aliphatic rings. The molecule has 0 bridgehead atoms. The largest absolute Gasteiger partial charge is 0.327 e. The molecule has 4 rings (SSSR count). The number of hydrogen-bond donors (Lipinski definition) is 1. The van der Waals surface area contributed by atoms with Crippen molar-refractivity contribution >= 4 is 35.2 Å². The predicted octanol–water partition coefficient (Wildman–Crippen LogP) is 4.56. The summed E-state index contributed by atoms with van der Waals surface area (Å²) in [5, 5.41) is 14.2. The van der Waals surface area contributed by atoms with Crippen molar-refractivity contribution in [2.24, 2.45) is 5.41 Å². The van der Waals surface area contributed by atoms with E-state index in [1.165, 1.54) is 4.90 Å². The van der Waals surface area contributed by atoms with Crippen LogP contribution in [0, 0.1) is 5.41 Å². The predicted molar refractivity (Wildman–Crippen MR) is 148 cm³/mol. The van der Waals surface area contributed by atoms with Gasteiger partial charge in [0.15, 0.2) is 5.54 Å². The van der Waals surface area contributed by atoms with Crippen molar-refractivity contribution in [2.45, 2.75) is 46.2 Å². The Morgan fingerprint density at radius 1 is 1.03 bits per heavy atom. The van der Waals surface area contributed by atoms with Gasteiger partial charge in [-0.2, -0.15) is 0 Å². The number of amides is 1. The lowest BCUT2D eigenvalue weighted by molar-refractivity contribution is -0.961. The van der Waals surface area contributed by atoms with Gasteiger partial charge in [0.25, 0.3) is 5.91 Å². The SMILES string of the molecule is CC(C)(C)[C@H](C=Cc1ccc(Cl)cc1Cl)n1nnnc1C(C)(C)[NH+]1CCN(C(=O)c2ccccc2)CC1. The minimum absolute atomic E-state index is 0.0843. The van der Waals surface area contributed by atoms with Gasteiger partial charge in [0, 0.05) is 15.6 Å². The van der Waals surface area contributed by atoms with Crippen molar-refractivity contribution in [3.8, 4) is 0 Å². The molecule has 9 heteroatoms. The normalized spacial score (nSPS) is 16.4. The monoisotopic (exact) mass is 541 g/mol. The Bertz CT molecular complexity index is 1260. The summed E-state index contributed by atoms with van der Waals surface area (Å²) < 4.78 is 1.94. The summed E-state index contributed by atoms with van der Waals surface area (Å²) >= 11 is 12.5. The van der Waals surface area contributed by atoms with Gasteiger partial charge in [-0.25, -0.2) is 4.68 Å². The van der Waals surface area contributed by atoms with Crippen molar-refractivity contribution < 1.29 is 9.69 Å². The number of benzene rings is 2. The lowest BCUT2D eigenvalue weighted by atomic mass is 9.85. The first-order chi connectivity index (χ1) is 17.5. The zero-order chi connectivity index (χ0) is 26.8. The number of carbonyl (C=O) groups excluding carboxylic acids is 1. The van der Waals surface area contributed by atoms with Gasteiger partial charge in [0.2, 0.25) is 5.82 Å². The van der Waals surface area contributed by atoms with Gasteiger partial charge in [-0.1, -0.05) is 80.4 Å². The van der Waals surface area contributed by atoms with Gasteiger partial charge in [-0.05, 0) is 59.5 Å². The molecular formula is C28H35Cl2N6O+. The molecule has 0 radical (unpaired) electrons. The average Bonchev–Trinajstić information content (AvgIpc) is 3.35. The minimum Gasteiger partial charge on any atom is -0.327 e. The molecule has 0 saturated carbocycles. The van der Waals surface area contributed by atoms with Crippen LogP contribution in [0.15, 0.2) is 54.6 Å². The van der Waals surface area contributed by atoms with E-state index in [-0.39, 0.29) is 22.9 Å². The summed E-state index contributed by atoms with van der Waals surface area (Å²) in [5.74, 6) is 0.901. The first-order valence-electron chi connectivity index (χ1n) is 12.6. The lowest BCUT2D eigenvalue weighted by Gasteiger charge is -2.41. The number of aromatic nitrogens is 4. The second kappa shape index (κ2) is 10.9. The van der Waals surface area contributed by atoms with Crippen LogP contribution in [0.25, 0.3) is 6.08 Å². The topological polar surface area (TPSA) is 68.3 Å². The molecule has 1 amide bonds. The maximum absolute atomic E-state index is 12.9. The van der Waals surface area contributed by atoms with Crippen LogP contribution < -0.4 is 4.90 Å². The van der Waals surface area contributed by atoms with Gasteiger partial charge >= 0.3 is 0 Å². The Morgan fingerprint density at radius 3 is 2.32 bits per heavy atom. The van der Waals surface area contributed by atoms with E-state index in [2.05, 4.69) is 56.2 Å². The van der Waals surface area contributed by atoms with E-state index in [0.717, 1.165) is 30.0 Å². The number of hydrogen-bond acceptors (Lipinski definition) is 4. The molecule has 37 heavy (non-hydrogen) atoms. The number of carbonyl (C=O) groups is 1. The number of nitrogens with zero attached hydrogens (tertiary/aromatic N) is 5. The first-order valence-corrected chi connectivity index (χ1v) is 13.3. The van der Waals surface area contributed by atoms with Crippen LogP contribution in [0.3, 0.4) is 0 Å². The zero-order valence-electron chi connectivity index (χ0n) is 22.1. The molecule has 7 nitrogen and oxygen atoms in total. The van der Waals surface area contributed by atoms with E-state index in [0.29, 0.717) is 23.1 Å². The van der Waals surface area contributed by atoms with E-state index in [1.807, 2.05) is 58.1 Å². The highest BCUT2D eigenvalue weighted by atomic mass is 35.5. The molecule has 1 N–H and O–H groups in total. The highest BCUT2D eigenvalue weighted by Gasteiger charge is 2.42. The van der Waals surface area contributed by atoms with E-state index < -0.39 is 0 Å². The average molecular weight is 543 g/mol. The fourth-order valence-electron chi connectivity index (χ4n) is 4.89. The number of halogens is 2. The van der Waals surface area contributed by atoms with Crippen molar-refractivity contribution in [2.75, 3.05) is 26.2 Å². The van der Waals surface area contributed by atoms with Crippen molar-refractivity contribution in [1.29, 1.82) is 0 Å². The fourth-order valence-corrected chi connectivity index (χ4v) is 5.36. The molecule has 2 heterocycles. The third-order valence-corrected chi connectivity index (χ3v) is 7.74. The summed E-state index contributed by atoms with van der Waals surface area (Å²) in [6.45, 7) is 13.9. The molecular weight excluding hydrogens is 507 g/mol. The molecule has 1 aromatic heterocycles. The number of rotatable bonds is 6. The van der Waals surface area contributed by atoms with Crippen LogP contribution in [0.4, 0.5) is 0 Å². The Morgan fingerprint density at radius 2 is 1.70 bits per heavy atom. The summed E-state index contributed by atoms with van der Waals surface area (Å²) in [6, 6.07) is 14.8. The zero-order valence-corrected chi connectivity index (χ0v) is 23.6. The molecule has 1 aliphatic heterocycles. The van der Waals surface area contributed by atoms with E-state index in [4.69, 9.17) is 23.2 Å². The van der Waals surface area contributed by atoms with E-state index in [9.17, 15) is 4.79 Å². The standard InChI is InChI=1S/C28H34Cl2N6O/c1-27(2,3)24(14-12-20-11-13-22(29)19-23(20)30)36-26(31-32-33-36)28(4,5)35-17-15-34(16-18-35)25(37)21-9-7-6-8-10-21/h6-14,19,24H,15-18H2,1-5H3/p+1/t24-/m0/s1. The summed E-state index contributed by atoms with van der Waals surface area (Å²) in [6.07, 6.45) is 4.12. The second-order valence-corrected chi connectivity index (χ2v) is 12.0. The summed E-state index contributed by atoms with van der Waals surface area (Å²) in [4.78, 5) is 16.2. The number of nitrogens with one attached hydrogen (secondary N) is 1. The highest BCUT2D eigenvalue weighted by Crippen LogP contribution is 2.34. The third-order valence-electron chi connectivity index (χ3n) is 7.18. The van der Waals surface area contributed by atoms with Crippen LogP contribution in [0.1, 0.15) is 62.4 Å². The van der Waals surface area contributed by atoms with E-state index in [1.54, 1.807) is 6.07 Å². The molecule has 2 aromatic carbocycles. The molecule has 1 saturated heterocycles. The minimum atomic E-state index is -0.360. The van der Waals surface area contributed by atoms with Gasteiger partial charge < -0.3 is 9.80 Å². The Labute approximate surface area is 229 Å². The Hall–Kier alpha value is -2.74. The smallest absolute Gasteiger partial charge is 0.254 e. The number of tetrazole rings is 1. The number of piperazine rings is 1. The number of quaternary nitrogens is 1. The first kappa shape index (κ1) is 27.3. The summed E-state index contributed by atoms with van der Waals surface area (Å²) in [5.41, 5.74) is 1.10. The van der Waals surface area contributed by atoms with Crippen LogP contribution in [0.2, 0.25) is 10.0 Å². The molecule has 196 valence electrons. The molecule has 1 fully saturated rings. The van der Waals surface area contributed by atoms with Crippen molar-refractivity contribution in [1.82, 2.24) is 25.1 Å². The molecule has 0 aliphatic carbocycles. The Balaban J connectivity index is 1.55. The van der Waals surface area contributed by atoms with Crippen LogP contribution >= 0.6 is 23.2 Å². The van der Waals surface area contributed by atoms with Crippen LogP contribution in [0.5, 0.6) is 0 Å². The number of allylic oxidation sites excluding steroid dienone is 1. The van der Waals surface area contributed by atoms with Gasteiger partial charge in [-0.3, -0.25) is 4.79 Å². The fraction of sp³-hybridized carbons (Fsp3) is 0.429. The molecule has 0 spiro atoms. The molecule has 3 aromatic rings. The van der Waals surface area contributed by atoms with Gasteiger partial charge in [-0.15, -0.1) is 5.10 Å². The lowest BCUT2D eigenvalue weighted by Crippen LogP contribution is -3.20. The van der Waals surface area contributed by atoms with Gasteiger partial charge in [0.05, 0.1) is 32.2 Å². The van der Waals surface area contributed by atoms with Crippen LogP contribution in [-0.4, -0.2) is 57.2 Å². The molecule has 0 unspecified atom stereocenters. The molecule has 1 atom stereocenters. The second-order valence-electron chi connectivity index (χ2n) is 11.2. The summed E-state index contributed by atoms with van der Waals surface area (Å²) in [7, 11) is 0. The van der Waals surface area contributed by atoms with Crippen molar-refractivity contribution in [3.05, 3.63) is 81.6 Å². The maximum atomic E-state index is 12.9. The maximum Gasteiger partial charge on any atom is 0.254 e. The van der Waals surface area contributed by atoms with Gasteiger partial charge in [0.1, 0.15) is 0 Å².